The number of rotatable bonds is 2. The molecule has 0 saturated carbocycles. The van der Waals surface area contributed by atoms with Crippen LogP contribution in [0.3, 0.4) is 0 Å². The SMILES string of the molecule is CC(C)(C)c1ccc2c(c1)c1c3n2CCN(CCC#N)[C@H]3CCC1. The van der Waals surface area contributed by atoms with Crippen LogP contribution in [0.4, 0.5) is 0 Å². The van der Waals surface area contributed by atoms with E-state index in [0.717, 1.165) is 19.6 Å². The number of nitriles is 1. The lowest BCUT2D eigenvalue weighted by atomic mass is 9.85. The molecule has 3 nitrogen and oxygen atoms in total. The molecule has 1 aromatic heterocycles. The van der Waals surface area contributed by atoms with Crippen molar-refractivity contribution in [1.29, 1.82) is 5.26 Å². The quantitative estimate of drug-likeness (QED) is 0.813. The molecule has 0 N–H and O–H groups in total. The third-order valence-corrected chi connectivity index (χ3v) is 5.86. The molecule has 0 bridgehead atoms. The number of hydrogen-bond donors (Lipinski definition) is 0. The Morgan fingerprint density at radius 2 is 2.08 bits per heavy atom. The van der Waals surface area contributed by atoms with Crippen LogP contribution in [0.5, 0.6) is 0 Å². The van der Waals surface area contributed by atoms with Crippen molar-refractivity contribution in [2.75, 3.05) is 13.1 Å². The Balaban J connectivity index is 1.85. The van der Waals surface area contributed by atoms with Crippen LogP contribution in [0, 0.1) is 11.3 Å². The molecular weight excluding hydrogens is 294 g/mol. The van der Waals surface area contributed by atoms with Crippen molar-refractivity contribution in [3.05, 3.63) is 35.0 Å². The summed E-state index contributed by atoms with van der Waals surface area (Å²) in [5.41, 5.74) is 6.16. The summed E-state index contributed by atoms with van der Waals surface area (Å²) in [6.45, 7) is 9.92. The smallest absolute Gasteiger partial charge is 0.0635 e. The Bertz CT molecular complexity index is 816. The van der Waals surface area contributed by atoms with Gasteiger partial charge >= 0.3 is 0 Å². The highest BCUT2D eigenvalue weighted by molar-refractivity contribution is 5.87. The van der Waals surface area contributed by atoms with Crippen LogP contribution in [-0.2, 0) is 18.4 Å². The van der Waals surface area contributed by atoms with Gasteiger partial charge in [-0.1, -0.05) is 26.8 Å². The van der Waals surface area contributed by atoms with Gasteiger partial charge in [0.05, 0.1) is 12.1 Å². The molecule has 1 atom stereocenters. The molecule has 0 fully saturated rings. The van der Waals surface area contributed by atoms with E-state index in [0.29, 0.717) is 12.5 Å². The van der Waals surface area contributed by atoms with Crippen molar-refractivity contribution in [3.63, 3.8) is 0 Å². The summed E-state index contributed by atoms with van der Waals surface area (Å²) >= 11 is 0. The maximum absolute atomic E-state index is 8.96. The van der Waals surface area contributed by atoms with Gasteiger partial charge in [-0.25, -0.2) is 0 Å². The molecule has 0 radical (unpaired) electrons. The van der Waals surface area contributed by atoms with Gasteiger partial charge in [-0.3, -0.25) is 4.90 Å². The Hall–Kier alpha value is -1.79. The molecular formula is C21H27N3. The molecule has 0 saturated heterocycles. The first-order chi connectivity index (χ1) is 11.5. The minimum absolute atomic E-state index is 0.191. The zero-order valence-electron chi connectivity index (χ0n) is 15.1. The van der Waals surface area contributed by atoms with E-state index < -0.39 is 0 Å². The highest BCUT2D eigenvalue weighted by Gasteiger charge is 2.34. The first kappa shape index (κ1) is 15.7. The zero-order valence-corrected chi connectivity index (χ0v) is 15.1. The fourth-order valence-corrected chi connectivity index (χ4v) is 4.60. The van der Waals surface area contributed by atoms with E-state index >= 15 is 0 Å². The first-order valence-corrected chi connectivity index (χ1v) is 9.27. The molecule has 0 unspecified atom stereocenters. The predicted molar refractivity (Wildman–Crippen MR) is 98.1 cm³/mol. The van der Waals surface area contributed by atoms with Gasteiger partial charge in [0.1, 0.15) is 0 Å². The molecule has 1 aliphatic carbocycles. The van der Waals surface area contributed by atoms with Gasteiger partial charge in [-0.2, -0.15) is 5.26 Å². The Kier molecular flexibility index (Phi) is 3.69. The second-order valence-corrected chi connectivity index (χ2v) is 8.35. The molecule has 1 aromatic carbocycles. The fraction of sp³-hybridized carbons (Fsp3) is 0.571. The fourth-order valence-electron chi connectivity index (χ4n) is 4.60. The lowest BCUT2D eigenvalue weighted by Gasteiger charge is -2.39. The van der Waals surface area contributed by atoms with E-state index in [4.69, 9.17) is 5.26 Å². The maximum Gasteiger partial charge on any atom is 0.0635 e. The molecule has 1 aliphatic heterocycles. The van der Waals surface area contributed by atoms with Crippen LogP contribution in [0.2, 0.25) is 0 Å². The number of nitrogens with zero attached hydrogens (tertiary/aromatic N) is 3. The van der Waals surface area contributed by atoms with Crippen molar-refractivity contribution in [2.45, 2.75) is 64.5 Å². The van der Waals surface area contributed by atoms with Crippen LogP contribution in [0.1, 0.15) is 62.9 Å². The second kappa shape index (κ2) is 5.63. The molecule has 2 aromatic rings. The van der Waals surface area contributed by atoms with Gasteiger partial charge in [0.2, 0.25) is 0 Å². The normalized spacial score (nSPS) is 20.8. The van der Waals surface area contributed by atoms with Crippen molar-refractivity contribution in [2.24, 2.45) is 0 Å². The number of hydrogen-bond acceptors (Lipinski definition) is 2. The third kappa shape index (κ3) is 2.36. The van der Waals surface area contributed by atoms with Gasteiger partial charge < -0.3 is 4.57 Å². The predicted octanol–water partition coefficient (Wildman–Crippen LogP) is 4.55. The summed E-state index contributed by atoms with van der Waals surface area (Å²) in [6.07, 6.45) is 4.34. The van der Waals surface area contributed by atoms with Crippen molar-refractivity contribution in [1.82, 2.24) is 9.47 Å². The molecule has 4 rings (SSSR count). The van der Waals surface area contributed by atoms with E-state index in [1.807, 2.05) is 0 Å². The Morgan fingerprint density at radius 3 is 2.83 bits per heavy atom. The maximum atomic E-state index is 8.96. The van der Waals surface area contributed by atoms with Crippen molar-refractivity contribution >= 4 is 10.9 Å². The Labute approximate surface area is 144 Å². The molecule has 0 amide bonds. The highest BCUT2D eigenvalue weighted by atomic mass is 15.2. The zero-order chi connectivity index (χ0) is 16.9. The molecule has 2 heterocycles. The minimum atomic E-state index is 0.191. The Morgan fingerprint density at radius 1 is 1.25 bits per heavy atom. The van der Waals surface area contributed by atoms with Crippen LogP contribution in [-0.4, -0.2) is 22.6 Å². The van der Waals surface area contributed by atoms with Crippen LogP contribution in [0.15, 0.2) is 18.2 Å². The minimum Gasteiger partial charge on any atom is -0.342 e. The summed E-state index contributed by atoms with van der Waals surface area (Å²) in [4.78, 5) is 2.55. The number of aromatic nitrogens is 1. The van der Waals surface area contributed by atoms with E-state index in [9.17, 15) is 0 Å². The van der Waals surface area contributed by atoms with Crippen molar-refractivity contribution < 1.29 is 0 Å². The van der Waals surface area contributed by atoms with Crippen LogP contribution in [0.25, 0.3) is 10.9 Å². The molecule has 24 heavy (non-hydrogen) atoms. The van der Waals surface area contributed by atoms with Gasteiger partial charge in [0.15, 0.2) is 0 Å². The average Bonchev–Trinajstić information content (AvgIpc) is 2.89. The lowest BCUT2D eigenvalue weighted by Crippen LogP contribution is -2.40. The summed E-state index contributed by atoms with van der Waals surface area (Å²) in [5, 5.41) is 10.4. The van der Waals surface area contributed by atoms with Gasteiger partial charge in [0, 0.05) is 42.7 Å². The topological polar surface area (TPSA) is 32.0 Å². The van der Waals surface area contributed by atoms with Crippen LogP contribution >= 0.6 is 0 Å². The largest absolute Gasteiger partial charge is 0.342 e. The van der Waals surface area contributed by atoms with E-state index in [2.05, 4.69) is 54.5 Å². The monoisotopic (exact) mass is 321 g/mol. The molecule has 2 aliphatic rings. The van der Waals surface area contributed by atoms with E-state index in [1.54, 1.807) is 11.3 Å². The first-order valence-electron chi connectivity index (χ1n) is 9.27. The summed E-state index contributed by atoms with van der Waals surface area (Å²) < 4.78 is 2.57. The molecule has 0 spiro atoms. The number of fused-ring (bicyclic) bond motifs is 3. The summed E-state index contributed by atoms with van der Waals surface area (Å²) in [5.74, 6) is 0. The van der Waals surface area contributed by atoms with Crippen LogP contribution < -0.4 is 0 Å². The number of aryl methyl sites for hydroxylation is 1. The number of benzene rings is 1. The standard InChI is InChI=1S/C21H27N3/c1-21(2,3)15-8-9-18-17(14-15)16-6-4-7-19-20(16)24(18)13-12-23(19)11-5-10-22/h8-9,14,19H,4-7,11-13H2,1-3H3/t19-/m0/s1. The van der Waals surface area contributed by atoms with E-state index in [-0.39, 0.29) is 5.41 Å². The summed E-state index contributed by atoms with van der Waals surface area (Å²) in [6, 6.07) is 9.93. The third-order valence-electron chi connectivity index (χ3n) is 5.86. The van der Waals surface area contributed by atoms with Gasteiger partial charge in [0.25, 0.3) is 0 Å². The summed E-state index contributed by atoms with van der Waals surface area (Å²) in [7, 11) is 0. The lowest BCUT2D eigenvalue weighted by molar-refractivity contribution is 0.144. The highest BCUT2D eigenvalue weighted by Crippen LogP contribution is 2.43. The molecule has 126 valence electrons. The average molecular weight is 321 g/mol. The molecule has 3 heteroatoms. The van der Waals surface area contributed by atoms with E-state index in [1.165, 1.54) is 35.7 Å². The second-order valence-electron chi connectivity index (χ2n) is 8.35. The van der Waals surface area contributed by atoms with Gasteiger partial charge in [-0.15, -0.1) is 0 Å². The van der Waals surface area contributed by atoms with Crippen molar-refractivity contribution in [3.8, 4) is 6.07 Å². The van der Waals surface area contributed by atoms with Gasteiger partial charge in [-0.05, 0) is 47.9 Å².